The van der Waals surface area contributed by atoms with Gasteiger partial charge in [0.2, 0.25) is 0 Å². The second kappa shape index (κ2) is 3.64. The lowest BCUT2D eigenvalue weighted by molar-refractivity contribution is -0.151. The van der Waals surface area contributed by atoms with Crippen LogP contribution in [0.2, 0.25) is 0 Å². The molecule has 2 rings (SSSR count). The molecule has 0 aromatic carbocycles. The van der Waals surface area contributed by atoms with Crippen LogP contribution in [0.25, 0.3) is 0 Å². The van der Waals surface area contributed by atoms with E-state index in [1.54, 1.807) is 26.0 Å². The largest absolute Gasteiger partial charge is 0.389 e. The van der Waals surface area contributed by atoms with Crippen LogP contribution in [0, 0.1) is 5.41 Å². The smallest absolute Gasteiger partial charge is 0.136 e. The van der Waals surface area contributed by atoms with Crippen molar-refractivity contribution in [1.29, 1.82) is 0 Å². The van der Waals surface area contributed by atoms with Gasteiger partial charge in [-0.05, 0) is 13.8 Å². The zero-order valence-corrected chi connectivity index (χ0v) is 10.6. The fraction of sp³-hybridized carbons (Fsp3) is 0.769. The lowest BCUT2D eigenvalue weighted by Crippen LogP contribution is -2.60. The first-order valence-corrected chi connectivity index (χ1v) is 5.98. The molecule has 96 valence electrons. The standard InChI is InChI=1S/C13H20O4/c1-9(14)4-5-13(16)11(2)6-10(15)7-12(13,3)17-8-11/h4-5,9,14,16H,6-8H2,1-3H3/t9-,11-,12-,13-/m1/s1. The van der Waals surface area contributed by atoms with Crippen LogP contribution in [0.15, 0.2) is 12.2 Å². The molecule has 4 atom stereocenters. The number of Topliss-reactive ketones (excluding diaryl/α,β-unsaturated/α-hetero) is 1. The molecule has 4 heteroatoms. The van der Waals surface area contributed by atoms with E-state index in [2.05, 4.69) is 0 Å². The van der Waals surface area contributed by atoms with E-state index in [4.69, 9.17) is 4.74 Å². The second-order valence-electron chi connectivity index (χ2n) is 5.84. The van der Waals surface area contributed by atoms with Gasteiger partial charge in [-0.3, -0.25) is 4.79 Å². The van der Waals surface area contributed by atoms with Gasteiger partial charge in [0.1, 0.15) is 17.0 Å². The molecule has 1 saturated heterocycles. The SMILES string of the molecule is C[C@@H](O)C=C[C@@]1(O)[C@@]2(C)CO[C@]1(C)CC(=O)C2. The third kappa shape index (κ3) is 1.66. The fourth-order valence-corrected chi connectivity index (χ4v) is 3.08. The zero-order valence-electron chi connectivity index (χ0n) is 10.6. The Bertz CT molecular complexity index is 352. The number of ether oxygens (including phenoxy) is 1. The van der Waals surface area contributed by atoms with E-state index >= 15 is 0 Å². The molecule has 1 saturated carbocycles. The van der Waals surface area contributed by atoms with Gasteiger partial charge in [0, 0.05) is 18.3 Å². The number of aliphatic hydroxyl groups excluding tert-OH is 1. The Morgan fingerprint density at radius 2 is 2.06 bits per heavy atom. The zero-order chi connectivity index (χ0) is 12.9. The van der Waals surface area contributed by atoms with Crippen molar-refractivity contribution in [1.82, 2.24) is 0 Å². The fourth-order valence-electron chi connectivity index (χ4n) is 3.08. The lowest BCUT2D eigenvalue weighted by Gasteiger charge is -2.47. The van der Waals surface area contributed by atoms with Crippen LogP contribution >= 0.6 is 0 Å². The number of aliphatic hydroxyl groups is 2. The maximum absolute atomic E-state index is 11.7. The first kappa shape index (κ1) is 12.7. The van der Waals surface area contributed by atoms with Crippen LogP contribution in [0.4, 0.5) is 0 Å². The summed E-state index contributed by atoms with van der Waals surface area (Å²) in [5.74, 6) is 0.127. The summed E-state index contributed by atoms with van der Waals surface area (Å²) in [6.07, 6.45) is 3.09. The summed E-state index contributed by atoms with van der Waals surface area (Å²) < 4.78 is 5.68. The highest BCUT2D eigenvalue weighted by molar-refractivity contribution is 5.82. The highest BCUT2D eigenvalue weighted by atomic mass is 16.5. The molecule has 2 aliphatic rings. The monoisotopic (exact) mass is 240 g/mol. The topological polar surface area (TPSA) is 66.8 Å². The molecule has 0 aromatic heterocycles. The minimum absolute atomic E-state index is 0.127. The van der Waals surface area contributed by atoms with Gasteiger partial charge in [0.05, 0.1) is 12.7 Å². The van der Waals surface area contributed by atoms with Crippen molar-refractivity contribution in [3.05, 3.63) is 12.2 Å². The van der Waals surface area contributed by atoms with Gasteiger partial charge in [-0.1, -0.05) is 19.1 Å². The highest BCUT2D eigenvalue weighted by Gasteiger charge is 2.67. The van der Waals surface area contributed by atoms with Gasteiger partial charge in [0.25, 0.3) is 0 Å². The maximum Gasteiger partial charge on any atom is 0.136 e. The lowest BCUT2D eigenvalue weighted by atomic mass is 9.59. The predicted molar refractivity (Wildman–Crippen MR) is 62.5 cm³/mol. The number of fused-ring (bicyclic) bond motifs is 2. The van der Waals surface area contributed by atoms with Gasteiger partial charge in [-0.2, -0.15) is 0 Å². The molecule has 4 nitrogen and oxygen atoms in total. The van der Waals surface area contributed by atoms with E-state index in [9.17, 15) is 15.0 Å². The Balaban J connectivity index is 2.42. The van der Waals surface area contributed by atoms with Crippen LogP contribution in [0.1, 0.15) is 33.6 Å². The van der Waals surface area contributed by atoms with Crippen molar-refractivity contribution in [2.24, 2.45) is 5.41 Å². The van der Waals surface area contributed by atoms with Gasteiger partial charge in [0.15, 0.2) is 0 Å². The number of carbonyl (C=O) groups is 1. The third-order valence-electron chi connectivity index (χ3n) is 4.17. The molecule has 1 heterocycles. The van der Waals surface area contributed by atoms with Crippen LogP contribution in [-0.4, -0.2) is 39.9 Å². The summed E-state index contributed by atoms with van der Waals surface area (Å²) in [6.45, 7) is 5.63. The molecular weight excluding hydrogens is 220 g/mol. The van der Waals surface area contributed by atoms with E-state index in [1.807, 2.05) is 6.92 Å². The summed E-state index contributed by atoms with van der Waals surface area (Å²) in [6, 6.07) is 0. The average Bonchev–Trinajstić information content (AvgIpc) is 2.33. The molecule has 0 unspecified atom stereocenters. The normalized spacial score (nSPS) is 47.7. The van der Waals surface area contributed by atoms with Crippen molar-refractivity contribution in [2.75, 3.05) is 6.61 Å². The number of ketones is 1. The predicted octanol–water partition coefficient (Wildman–Crippen LogP) is 0.813. The van der Waals surface area contributed by atoms with E-state index < -0.39 is 22.7 Å². The number of hydrogen-bond donors (Lipinski definition) is 2. The summed E-state index contributed by atoms with van der Waals surface area (Å²) >= 11 is 0. The summed E-state index contributed by atoms with van der Waals surface area (Å²) in [5, 5.41) is 20.2. The molecule has 0 amide bonds. The quantitative estimate of drug-likeness (QED) is 0.701. The third-order valence-corrected chi connectivity index (χ3v) is 4.17. The van der Waals surface area contributed by atoms with Crippen molar-refractivity contribution < 1.29 is 19.7 Å². The van der Waals surface area contributed by atoms with Crippen LogP contribution in [-0.2, 0) is 9.53 Å². The molecule has 0 radical (unpaired) electrons. The van der Waals surface area contributed by atoms with Crippen molar-refractivity contribution in [3.63, 3.8) is 0 Å². The van der Waals surface area contributed by atoms with Crippen molar-refractivity contribution in [2.45, 2.75) is 50.9 Å². The summed E-state index contributed by atoms with van der Waals surface area (Å²) in [5.41, 5.74) is -2.66. The molecule has 0 aromatic rings. The van der Waals surface area contributed by atoms with Crippen molar-refractivity contribution in [3.8, 4) is 0 Å². The Morgan fingerprint density at radius 1 is 1.41 bits per heavy atom. The molecule has 2 N–H and O–H groups in total. The number of hydrogen-bond acceptors (Lipinski definition) is 4. The van der Waals surface area contributed by atoms with E-state index in [-0.39, 0.29) is 12.2 Å². The van der Waals surface area contributed by atoms with Gasteiger partial charge < -0.3 is 14.9 Å². The molecule has 2 fully saturated rings. The Kier molecular flexibility index (Phi) is 2.73. The van der Waals surface area contributed by atoms with Crippen LogP contribution < -0.4 is 0 Å². The minimum atomic E-state index is -1.19. The van der Waals surface area contributed by atoms with Gasteiger partial charge in [-0.25, -0.2) is 0 Å². The Hall–Kier alpha value is -0.710. The van der Waals surface area contributed by atoms with Gasteiger partial charge in [-0.15, -0.1) is 0 Å². The van der Waals surface area contributed by atoms with E-state index in [0.29, 0.717) is 13.0 Å². The van der Waals surface area contributed by atoms with Crippen LogP contribution in [0.5, 0.6) is 0 Å². The number of carbonyl (C=O) groups excluding carboxylic acids is 1. The summed E-state index contributed by atoms with van der Waals surface area (Å²) in [4.78, 5) is 11.7. The Morgan fingerprint density at radius 3 is 2.59 bits per heavy atom. The minimum Gasteiger partial charge on any atom is -0.389 e. The molecule has 1 aliphatic heterocycles. The molecule has 0 spiro atoms. The maximum atomic E-state index is 11.7. The molecule has 1 aliphatic carbocycles. The average molecular weight is 240 g/mol. The highest BCUT2D eigenvalue weighted by Crippen LogP contribution is 2.56. The number of rotatable bonds is 2. The first-order chi connectivity index (χ1) is 7.72. The first-order valence-electron chi connectivity index (χ1n) is 5.98. The van der Waals surface area contributed by atoms with Crippen molar-refractivity contribution >= 4 is 5.78 Å². The Labute approximate surface area is 101 Å². The molecule has 17 heavy (non-hydrogen) atoms. The molecular formula is C13H20O4. The van der Waals surface area contributed by atoms with Crippen LogP contribution in [0.3, 0.4) is 0 Å². The molecule has 2 bridgehead atoms. The van der Waals surface area contributed by atoms with E-state index in [0.717, 1.165) is 0 Å². The second-order valence-corrected chi connectivity index (χ2v) is 5.84. The van der Waals surface area contributed by atoms with E-state index in [1.165, 1.54) is 0 Å². The summed E-state index contributed by atoms with van der Waals surface area (Å²) in [7, 11) is 0. The van der Waals surface area contributed by atoms with Gasteiger partial charge >= 0.3 is 0 Å².